The lowest BCUT2D eigenvalue weighted by molar-refractivity contribution is -0.137. The minimum Gasteiger partial charge on any atom is -0.496 e. The second kappa shape index (κ2) is 12.9. The molecule has 2 saturated heterocycles. The number of halogens is 6. The lowest BCUT2D eigenvalue weighted by Gasteiger charge is -2.35. The normalized spacial score (nSPS) is 22.1. The number of ether oxygens (including phenoxy) is 1. The van der Waals surface area contributed by atoms with E-state index in [-0.39, 0.29) is 17.7 Å². The number of carbonyl (C=O) groups excluding carboxylic acids is 1. The van der Waals surface area contributed by atoms with Crippen LogP contribution < -0.4 is 10.2 Å². The van der Waals surface area contributed by atoms with Gasteiger partial charge in [-0.1, -0.05) is 18.0 Å². The molecule has 4 aliphatic rings. The lowest BCUT2D eigenvalue weighted by Crippen LogP contribution is -2.39. The number of hydrogen-bond acceptors (Lipinski definition) is 6. The first-order chi connectivity index (χ1) is 19.9. The summed E-state index contributed by atoms with van der Waals surface area (Å²) < 4.78 is 72.4. The third-order valence-corrected chi connectivity index (χ3v) is 9.52. The van der Waals surface area contributed by atoms with Crippen LogP contribution in [0.1, 0.15) is 90.8 Å². The van der Waals surface area contributed by atoms with Gasteiger partial charge in [0.05, 0.1) is 23.3 Å². The number of hydrazine groups is 1. The third-order valence-electron chi connectivity index (χ3n) is 8.18. The maximum absolute atomic E-state index is 14.1. The number of nitrogens with zero attached hydrogens (tertiary/aromatic N) is 2. The molecule has 0 aromatic heterocycles. The zero-order valence-corrected chi connectivity index (χ0v) is 24.6. The molecular weight excluding hydrogens is 601 g/mol. The fourth-order valence-corrected chi connectivity index (χ4v) is 6.73. The number of amides is 1. The molecule has 4 fully saturated rings. The van der Waals surface area contributed by atoms with E-state index in [1.54, 1.807) is 0 Å². The van der Waals surface area contributed by atoms with E-state index in [4.69, 9.17) is 16.3 Å². The summed E-state index contributed by atoms with van der Waals surface area (Å²) in [7, 11) is 1.49. The highest BCUT2D eigenvalue weighted by atomic mass is 35.5. The number of fused-ring (bicyclic) bond motifs is 2. The Morgan fingerprint density at radius 1 is 1.07 bits per heavy atom. The number of carbonyl (C=O) groups is 1. The van der Waals surface area contributed by atoms with E-state index in [1.807, 2.05) is 0 Å². The van der Waals surface area contributed by atoms with E-state index < -0.39 is 34.3 Å². The SMILES string of the molecule is COc1cc(F)c(C(=O)NN(O)SC2CC2)cc1C1CC1.Fc1c(Cl)cc(C(F)(F)F)cc1CN1[C@@H]2CCC[C@H]1CC2. The van der Waals surface area contributed by atoms with Gasteiger partial charge in [0, 0.05) is 35.5 Å². The lowest BCUT2D eigenvalue weighted by atomic mass is 10.0. The Morgan fingerprint density at radius 3 is 2.31 bits per heavy atom. The highest BCUT2D eigenvalue weighted by Gasteiger charge is 2.38. The predicted molar refractivity (Wildman–Crippen MR) is 149 cm³/mol. The van der Waals surface area contributed by atoms with Crippen LogP contribution >= 0.6 is 23.5 Å². The van der Waals surface area contributed by atoms with Crippen molar-refractivity contribution in [1.29, 1.82) is 0 Å². The fourth-order valence-electron chi connectivity index (χ4n) is 5.73. The average Bonchev–Trinajstić information content (AvgIpc) is 3.85. The molecule has 2 atom stereocenters. The Hall–Kier alpha value is -2.12. The number of hydrogen-bond donors (Lipinski definition) is 2. The van der Waals surface area contributed by atoms with Crippen LogP contribution in [0.25, 0.3) is 0 Å². The van der Waals surface area contributed by atoms with Crippen LogP contribution in [-0.4, -0.2) is 45.0 Å². The molecule has 6 rings (SSSR count). The summed E-state index contributed by atoms with van der Waals surface area (Å²) in [6, 6.07) is 5.06. The van der Waals surface area contributed by atoms with Gasteiger partial charge >= 0.3 is 6.18 Å². The zero-order chi connectivity index (χ0) is 30.2. The molecule has 1 amide bonds. The van der Waals surface area contributed by atoms with Gasteiger partial charge in [0.25, 0.3) is 5.91 Å². The molecule has 2 saturated carbocycles. The second-order valence-corrected chi connectivity index (χ2v) is 12.9. The highest BCUT2D eigenvalue weighted by molar-refractivity contribution is 7.97. The molecule has 0 unspecified atom stereocenters. The maximum atomic E-state index is 14.1. The first-order valence-electron chi connectivity index (χ1n) is 14.1. The molecule has 2 aliphatic carbocycles. The van der Waals surface area contributed by atoms with Crippen molar-refractivity contribution >= 4 is 29.5 Å². The van der Waals surface area contributed by atoms with Crippen LogP contribution in [-0.2, 0) is 12.7 Å². The predicted octanol–water partition coefficient (Wildman–Crippen LogP) is 7.87. The van der Waals surface area contributed by atoms with Gasteiger partial charge in [0.2, 0.25) is 0 Å². The molecule has 2 aliphatic heterocycles. The van der Waals surface area contributed by atoms with Crippen molar-refractivity contribution in [2.75, 3.05) is 7.11 Å². The van der Waals surface area contributed by atoms with Gasteiger partial charge in [-0.05, 0) is 97.6 Å². The first-order valence-corrected chi connectivity index (χ1v) is 15.3. The van der Waals surface area contributed by atoms with Crippen molar-refractivity contribution in [1.82, 2.24) is 14.9 Å². The highest BCUT2D eigenvalue weighted by Crippen LogP contribution is 2.45. The monoisotopic (exact) mass is 633 g/mol. The Bertz CT molecular complexity index is 1290. The summed E-state index contributed by atoms with van der Waals surface area (Å²) >= 11 is 6.77. The molecule has 13 heteroatoms. The summed E-state index contributed by atoms with van der Waals surface area (Å²) in [5.41, 5.74) is 2.21. The number of benzene rings is 2. The van der Waals surface area contributed by atoms with Gasteiger partial charge in [0.15, 0.2) is 0 Å². The summed E-state index contributed by atoms with van der Waals surface area (Å²) in [4.78, 5) is 14.2. The Kier molecular flexibility index (Phi) is 9.58. The molecule has 2 N–H and O–H groups in total. The van der Waals surface area contributed by atoms with Crippen LogP contribution in [0.15, 0.2) is 24.3 Å². The standard InChI is InChI=1S/C15H16ClF4N.C14H17FN2O3S/c16-13-7-10(15(18,19)20)6-9(14(13)17)8-21-11-2-1-3-12(21)5-4-11;1-20-13-7-12(15)11(6-10(13)8-2-3-8)14(18)16-17(19)21-9-4-5-9/h6-7,11-12H,1-5,8H2;6-9,19H,2-5H2,1H3,(H,16,18)/t11-,12+;. The molecule has 6 nitrogen and oxygen atoms in total. The van der Waals surface area contributed by atoms with E-state index in [0.717, 1.165) is 81.4 Å². The number of rotatable bonds is 8. The van der Waals surface area contributed by atoms with Crippen LogP contribution in [0.2, 0.25) is 5.02 Å². The average molecular weight is 634 g/mol. The molecule has 230 valence electrons. The van der Waals surface area contributed by atoms with E-state index in [2.05, 4.69) is 10.3 Å². The Morgan fingerprint density at radius 2 is 1.74 bits per heavy atom. The van der Waals surface area contributed by atoms with Crippen LogP contribution in [0.3, 0.4) is 0 Å². The van der Waals surface area contributed by atoms with Crippen molar-refractivity contribution in [2.45, 2.75) is 93.8 Å². The van der Waals surface area contributed by atoms with Gasteiger partial charge in [-0.15, -0.1) is 0 Å². The number of nitrogens with one attached hydrogen (secondary N) is 1. The summed E-state index contributed by atoms with van der Waals surface area (Å²) in [5, 5.41) is 9.47. The minimum atomic E-state index is -4.51. The summed E-state index contributed by atoms with van der Waals surface area (Å²) in [6.07, 6.45) is 4.91. The molecule has 2 bridgehead atoms. The van der Waals surface area contributed by atoms with Gasteiger partial charge < -0.3 is 4.74 Å². The van der Waals surface area contributed by atoms with Gasteiger partial charge in [0.1, 0.15) is 17.4 Å². The Balaban J connectivity index is 0.000000168. The van der Waals surface area contributed by atoms with Crippen molar-refractivity contribution in [3.8, 4) is 5.75 Å². The maximum Gasteiger partial charge on any atom is 0.416 e. The van der Waals surface area contributed by atoms with Gasteiger partial charge in [-0.25, -0.2) is 8.78 Å². The van der Waals surface area contributed by atoms with Crippen molar-refractivity contribution in [3.63, 3.8) is 0 Å². The molecule has 2 aromatic carbocycles. The van der Waals surface area contributed by atoms with E-state index in [9.17, 15) is 32.0 Å². The number of alkyl halides is 3. The van der Waals surface area contributed by atoms with E-state index in [0.29, 0.717) is 39.6 Å². The zero-order valence-electron chi connectivity index (χ0n) is 23.0. The quantitative estimate of drug-likeness (QED) is 0.175. The van der Waals surface area contributed by atoms with Crippen LogP contribution in [0.5, 0.6) is 5.75 Å². The van der Waals surface area contributed by atoms with E-state index in [1.165, 1.54) is 19.2 Å². The molecule has 2 aromatic rings. The largest absolute Gasteiger partial charge is 0.496 e. The van der Waals surface area contributed by atoms with E-state index >= 15 is 0 Å². The van der Waals surface area contributed by atoms with Crippen LogP contribution in [0, 0.1) is 11.6 Å². The third kappa shape index (κ3) is 7.50. The van der Waals surface area contributed by atoms with Gasteiger partial charge in [-0.3, -0.25) is 20.3 Å². The first kappa shape index (κ1) is 31.3. The second-order valence-electron chi connectivity index (χ2n) is 11.3. The minimum absolute atomic E-state index is 0.0497. The van der Waals surface area contributed by atoms with Crippen molar-refractivity contribution < 1.29 is 36.7 Å². The molecule has 2 heterocycles. The smallest absolute Gasteiger partial charge is 0.416 e. The van der Waals surface area contributed by atoms with Crippen molar-refractivity contribution in [2.24, 2.45) is 0 Å². The molecule has 42 heavy (non-hydrogen) atoms. The van der Waals surface area contributed by atoms with Crippen LogP contribution in [0.4, 0.5) is 22.0 Å². The topological polar surface area (TPSA) is 65.0 Å². The molecule has 0 radical (unpaired) electrons. The number of methoxy groups -OCH3 is 1. The fraction of sp³-hybridized carbons (Fsp3) is 0.552. The summed E-state index contributed by atoms with van der Waals surface area (Å²) in [6.45, 7) is 0.213. The Labute approximate surface area is 250 Å². The number of piperidine rings is 1. The summed E-state index contributed by atoms with van der Waals surface area (Å²) in [5.74, 6) is -1.24. The molecular formula is C29H33ClF5N3O3S. The molecule has 0 spiro atoms. The van der Waals surface area contributed by atoms with Gasteiger partial charge in [-0.2, -0.15) is 13.2 Å². The van der Waals surface area contributed by atoms with Crippen molar-refractivity contribution in [3.05, 3.63) is 63.2 Å².